The topological polar surface area (TPSA) is 87.6 Å². The van der Waals surface area contributed by atoms with Gasteiger partial charge in [0.05, 0.1) is 23.6 Å². The number of rotatable bonds is 4. The summed E-state index contributed by atoms with van der Waals surface area (Å²) < 4.78 is 5.88. The molecule has 2 aromatic heterocycles. The molecule has 2 aliphatic heterocycles. The molecule has 31 heavy (non-hydrogen) atoms. The number of aliphatic hydroxyl groups excluding tert-OH is 1. The van der Waals surface area contributed by atoms with E-state index in [4.69, 9.17) is 14.8 Å². The van der Waals surface area contributed by atoms with Gasteiger partial charge in [0, 0.05) is 30.3 Å². The minimum atomic E-state index is -0.292. The molecule has 160 valence electrons. The van der Waals surface area contributed by atoms with Crippen LogP contribution in [0.2, 0.25) is 0 Å². The van der Waals surface area contributed by atoms with E-state index in [1.807, 2.05) is 38.1 Å². The maximum absolute atomic E-state index is 12.5. The number of pyridine rings is 1. The number of fused-ring (bicyclic) bond motifs is 2. The molecule has 1 aromatic carbocycles. The fourth-order valence-corrected chi connectivity index (χ4v) is 5.04. The van der Waals surface area contributed by atoms with Gasteiger partial charge in [-0.25, -0.2) is 4.98 Å². The molecule has 0 radical (unpaired) electrons. The summed E-state index contributed by atoms with van der Waals surface area (Å²) in [6.45, 7) is 5.36. The van der Waals surface area contributed by atoms with Crippen molar-refractivity contribution in [1.29, 1.82) is 0 Å². The number of carbonyl (C=O) groups excluding carboxylic acids is 1. The minimum Gasteiger partial charge on any atom is -0.490 e. The average molecular weight is 437 g/mol. The highest BCUT2D eigenvalue weighted by Gasteiger charge is 2.34. The lowest BCUT2D eigenvalue weighted by molar-refractivity contribution is 0.0901. The van der Waals surface area contributed by atoms with Gasteiger partial charge in [0.1, 0.15) is 17.2 Å². The number of ether oxygens (including phenoxy) is 1. The van der Waals surface area contributed by atoms with Crippen LogP contribution in [-0.2, 0) is 12.8 Å². The highest BCUT2D eigenvalue weighted by atomic mass is 32.1. The Morgan fingerprint density at radius 3 is 2.94 bits per heavy atom. The van der Waals surface area contributed by atoms with E-state index < -0.39 is 0 Å². The molecule has 2 N–H and O–H groups in total. The molecule has 2 aliphatic rings. The van der Waals surface area contributed by atoms with E-state index in [9.17, 15) is 4.79 Å². The zero-order valence-corrected chi connectivity index (χ0v) is 18.3. The largest absolute Gasteiger partial charge is 0.490 e. The summed E-state index contributed by atoms with van der Waals surface area (Å²) in [5, 5.41) is 13.0. The van der Waals surface area contributed by atoms with Crippen molar-refractivity contribution in [2.75, 3.05) is 24.7 Å². The monoisotopic (exact) mass is 436 g/mol. The fraction of sp³-hybridized carbons (Fsp3) is 0.348. The Labute approximate surface area is 184 Å². The van der Waals surface area contributed by atoms with E-state index in [2.05, 4.69) is 21.3 Å². The minimum absolute atomic E-state index is 0.0515. The summed E-state index contributed by atoms with van der Waals surface area (Å²) in [6, 6.07) is 9.98. The van der Waals surface area contributed by atoms with Gasteiger partial charge in [0.25, 0.3) is 5.91 Å². The van der Waals surface area contributed by atoms with Crippen LogP contribution < -0.4 is 15.0 Å². The van der Waals surface area contributed by atoms with Gasteiger partial charge in [-0.2, -0.15) is 0 Å². The smallest absolute Gasteiger partial charge is 0.263 e. The van der Waals surface area contributed by atoms with Crippen molar-refractivity contribution in [3.8, 4) is 17.0 Å². The summed E-state index contributed by atoms with van der Waals surface area (Å²) >= 11 is 1.43. The van der Waals surface area contributed by atoms with Crippen molar-refractivity contribution in [3.63, 3.8) is 0 Å². The molecular weight excluding hydrogens is 412 g/mol. The van der Waals surface area contributed by atoms with E-state index in [1.165, 1.54) is 11.3 Å². The van der Waals surface area contributed by atoms with Crippen molar-refractivity contribution in [3.05, 3.63) is 52.7 Å². The van der Waals surface area contributed by atoms with E-state index in [0.29, 0.717) is 30.9 Å². The number of nitrogens with zero attached hydrogens (tertiary/aromatic N) is 3. The molecule has 1 amide bonds. The molecule has 0 atom stereocenters. The van der Waals surface area contributed by atoms with Gasteiger partial charge in [-0.05, 0) is 50.1 Å². The Balaban J connectivity index is 1.50. The number of amides is 1. The molecular formula is C23H24N4O3S. The number of hydrogen-bond donors (Lipinski definition) is 2. The quantitative estimate of drug-likeness (QED) is 0.652. The van der Waals surface area contributed by atoms with E-state index in [0.717, 1.165) is 39.1 Å². The van der Waals surface area contributed by atoms with Gasteiger partial charge in [0.15, 0.2) is 5.13 Å². The van der Waals surface area contributed by atoms with Gasteiger partial charge in [-0.15, -0.1) is 0 Å². The fourth-order valence-electron chi connectivity index (χ4n) is 4.03. The highest BCUT2D eigenvalue weighted by Crippen LogP contribution is 2.42. The highest BCUT2D eigenvalue weighted by molar-refractivity contribution is 7.17. The van der Waals surface area contributed by atoms with Crippen molar-refractivity contribution < 1.29 is 14.6 Å². The molecule has 5 rings (SSSR count). The van der Waals surface area contributed by atoms with Gasteiger partial charge in [0.2, 0.25) is 0 Å². The van der Waals surface area contributed by atoms with Crippen molar-refractivity contribution in [2.45, 2.75) is 32.2 Å². The molecule has 0 aliphatic carbocycles. The number of nitrogens with one attached hydrogen (secondary N) is 1. The lowest BCUT2D eigenvalue weighted by atomic mass is 9.94. The third-order valence-electron chi connectivity index (χ3n) is 5.53. The molecule has 0 saturated heterocycles. The Morgan fingerprint density at radius 1 is 1.29 bits per heavy atom. The van der Waals surface area contributed by atoms with E-state index in [-0.39, 0.29) is 18.1 Å². The van der Waals surface area contributed by atoms with Gasteiger partial charge >= 0.3 is 0 Å². The second-order valence-electron chi connectivity index (χ2n) is 8.49. The van der Waals surface area contributed by atoms with Crippen LogP contribution in [-0.4, -0.2) is 46.3 Å². The molecule has 0 bridgehead atoms. The van der Waals surface area contributed by atoms with Crippen molar-refractivity contribution in [1.82, 2.24) is 15.3 Å². The predicted molar refractivity (Wildman–Crippen MR) is 120 cm³/mol. The summed E-state index contributed by atoms with van der Waals surface area (Å²) in [6.07, 6.45) is 3.11. The molecule has 0 fully saturated rings. The predicted octanol–water partition coefficient (Wildman–Crippen LogP) is 3.33. The average Bonchev–Trinajstić information content (AvgIpc) is 3.17. The third-order valence-corrected chi connectivity index (χ3v) is 6.65. The summed E-state index contributed by atoms with van der Waals surface area (Å²) in [5.74, 6) is 0.745. The summed E-state index contributed by atoms with van der Waals surface area (Å²) in [4.78, 5) is 24.8. The maximum atomic E-state index is 12.5. The zero-order chi connectivity index (χ0) is 21.6. The molecule has 0 spiro atoms. The third kappa shape index (κ3) is 3.77. The molecule has 8 heteroatoms. The first-order valence-electron chi connectivity index (χ1n) is 10.4. The maximum Gasteiger partial charge on any atom is 0.263 e. The van der Waals surface area contributed by atoms with Crippen LogP contribution in [0.4, 0.5) is 10.8 Å². The Kier molecular flexibility index (Phi) is 4.91. The Bertz CT molecular complexity index is 1140. The molecule has 0 saturated carbocycles. The number of carbonyl (C=O) groups is 1. The van der Waals surface area contributed by atoms with Crippen LogP contribution in [0.1, 0.15) is 34.8 Å². The van der Waals surface area contributed by atoms with Crippen molar-refractivity contribution in [2.24, 2.45) is 0 Å². The number of aliphatic hydroxyl groups is 1. The number of thiazole rings is 1. The molecule has 4 heterocycles. The van der Waals surface area contributed by atoms with Crippen LogP contribution in [0, 0.1) is 0 Å². The number of aromatic nitrogens is 2. The van der Waals surface area contributed by atoms with E-state index >= 15 is 0 Å². The van der Waals surface area contributed by atoms with Crippen LogP contribution in [0.3, 0.4) is 0 Å². The van der Waals surface area contributed by atoms with Gasteiger partial charge in [-0.1, -0.05) is 17.4 Å². The number of hydrogen-bond acceptors (Lipinski definition) is 7. The SMILES string of the molecule is CC1(C)Cc2nc(N3CCOc4ccc(-c5ccc(CCO)cn5)cc43)sc2C(=O)N1. The van der Waals surface area contributed by atoms with Crippen LogP contribution in [0.15, 0.2) is 36.5 Å². The Morgan fingerprint density at radius 2 is 2.16 bits per heavy atom. The molecule has 7 nitrogen and oxygen atoms in total. The number of benzene rings is 1. The lowest BCUT2D eigenvalue weighted by Gasteiger charge is -2.29. The standard InChI is InChI=1S/C23H24N4O3S/c1-23(2)12-17-20(21(29)26-23)31-22(25-17)27-8-10-30-19-6-4-15(11-18(19)27)16-5-3-14(7-9-28)13-24-16/h3-6,11,13,28H,7-10,12H2,1-2H3,(H,26,29). The van der Waals surface area contributed by atoms with Gasteiger partial charge < -0.3 is 20.1 Å². The first-order chi connectivity index (χ1) is 14.9. The molecule has 0 unspecified atom stereocenters. The summed E-state index contributed by atoms with van der Waals surface area (Å²) in [7, 11) is 0. The van der Waals surface area contributed by atoms with Crippen molar-refractivity contribution >= 4 is 28.1 Å². The van der Waals surface area contributed by atoms with Crippen LogP contribution >= 0.6 is 11.3 Å². The number of anilines is 2. The van der Waals surface area contributed by atoms with Crippen LogP contribution in [0.25, 0.3) is 11.3 Å². The lowest BCUT2D eigenvalue weighted by Crippen LogP contribution is -2.48. The second-order valence-corrected chi connectivity index (χ2v) is 9.47. The Hall–Kier alpha value is -2.97. The summed E-state index contributed by atoms with van der Waals surface area (Å²) in [5.41, 5.74) is 4.33. The van der Waals surface area contributed by atoms with Crippen LogP contribution in [0.5, 0.6) is 5.75 Å². The zero-order valence-electron chi connectivity index (χ0n) is 17.5. The first kappa shape index (κ1) is 20.0. The first-order valence-corrected chi connectivity index (χ1v) is 11.2. The second kappa shape index (κ2) is 7.62. The normalized spacial score (nSPS) is 16.9. The van der Waals surface area contributed by atoms with Gasteiger partial charge in [-0.3, -0.25) is 9.78 Å². The molecule has 3 aromatic rings. The van der Waals surface area contributed by atoms with E-state index in [1.54, 1.807) is 6.20 Å².